The van der Waals surface area contributed by atoms with Crippen molar-refractivity contribution in [1.29, 1.82) is 0 Å². The molecule has 158 valence electrons. The number of hydrogen-bond acceptors (Lipinski definition) is 4. The quantitative estimate of drug-likeness (QED) is 0.632. The fourth-order valence-electron chi connectivity index (χ4n) is 5.63. The highest BCUT2D eigenvalue weighted by molar-refractivity contribution is 5.42. The zero-order valence-electron chi connectivity index (χ0n) is 18.3. The Labute approximate surface area is 175 Å². The van der Waals surface area contributed by atoms with Crippen LogP contribution >= 0.6 is 0 Å². The molecule has 2 aromatic rings. The van der Waals surface area contributed by atoms with Gasteiger partial charge in [-0.3, -0.25) is 4.90 Å². The van der Waals surface area contributed by atoms with E-state index in [9.17, 15) is 0 Å². The Morgan fingerprint density at radius 2 is 1.72 bits per heavy atom. The van der Waals surface area contributed by atoms with Gasteiger partial charge in [0.25, 0.3) is 0 Å². The highest BCUT2D eigenvalue weighted by Gasteiger charge is 2.41. The van der Waals surface area contributed by atoms with Crippen molar-refractivity contribution in [3.05, 3.63) is 47.5 Å². The van der Waals surface area contributed by atoms with Gasteiger partial charge >= 0.3 is 0 Å². The van der Waals surface area contributed by atoms with E-state index in [1.807, 2.05) is 7.05 Å². The molecule has 0 spiro atoms. The molecule has 2 aliphatic heterocycles. The number of likely N-dealkylation sites (N-methyl/N-ethyl adjacent to an activating group) is 1. The molecule has 0 saturated carbocycles. The van der Waals surface area contributed by atoms with E-state index < -0.39 is 0 Å². The number of nitrogens with zero attached hydrogens (tertiary/aromatic N) is 3. The lowest BCUT2D eigenvalue weighted by atomic mass is 9.96. The minimum atomic E-state index is 0.624. The van der Waals surface area contributed by atoms with Crippen LogP contribution in [-0.4, -0.2) is 53.2 Å². The molecule has 3 heterocycles. The molecule has 5 heteroatoms. The summed E-state index contributed by atoms with van der Waals surface area (Å²) in [5, 5.41) is 6.87. The molecular weight excluding hydrogens is 358 g/mol. The van der Waals surface area contributed by atoms with Crippen LogP contribution in [0.25, 0.3) is 0 Å². The van der Waals surface area contributed by atoms with E-state index in [-0.39, 0.29) is 0 Å². The van der Waals surface area contributed by atoms with Gasteiger partial charge in [-0.25, -0.2) is 4.98 Å². The summed E-state index contributed by atoms with van der Waals surface area (Å²) in [7, 11) is 2.04. The maximum absolute atomic E-state index is 4.83. The number of aromatic nitrogens is 2. The highest BCUT2D eigenvalue weighted by atomic mass is 15.2. The first kappa shape index (κ1) is 20.4. The Kier molecular flexibility index (Phi) is 6.56. The lowest BCUT2D eigenvalue weighted by Crippen LogP contribution is -2.44. The standard InChI is InChI=1S/C24H37N5/c1-18-24(12-14-25-3)29(19(2)27-18)23-16-21-10-11-22(17-23)28(21)15-7-13-26-20-8-5-4-6-9-20/h4-6,8-9,21-23,25-26H,7,10-17H2,1-3H3. The highest BCUT2D eigenvalue weighted by Crippen LogP contribution is 2.42. The second-order valence-electron chi connectivity index (χ2n) is 8.81. The van der Waals surface area contributed by atoms with Gasteiger partial charge in [0.1, 0.15) is 5.82 Å². The zero-order valence-corrected chi connectivity index (χ0v) is 18.3. The summed E-state index contributed by atoms with van der Waals surface area (Å²) in [6.07, 6.45) is 7.59. The van der Waals surface area contributed by atoms with Crippen molar-refractivity contribution in [2.24, 2.45) is 0 Å². The minimum absolute atomic E-state index is 0.624. The van der Waals surface area contributed by atoms with E-state index in [0.717, 1.165) is 31.6 Å². The van der Waals surface area contributed by atoms with Crippen LogP contribution in [0.15, 0.2) is 30.3 Å². The summed E-state index contributed by atoms with van der Waals surface area (Å²) < 4.78 is 2.59. The molecule has 2 saturated heterocycles. The average Bonchev–Trinajstić information content (AvgIpc) is 3.13. The maximum atomic E-state index is 4.83. The molecule has 2 bridgehead atoms. The third-order valence-corrected chi connectivity index (χ3v) is 6.92. The van der Waals surface area contributed by atoms with Crippen molar-refractivity contribution in [3.63, 3.8) is 0 Å². The van der Waals surface area contributed by atoms with Crippen LogP contribution in [-0.2, 0) is 6.42 Å². The fraction of sp³-hybridized carbons (Fsp3) is 0.625. The lowest BCUT2D eigenvalue weighted by molar-refractivity contribution is 0.105. The number of imidazole rings is 1. The average molecular weight is 396 g/mol. The minimum Gasteiger partial charge on any atom is -0.385 e. The van der Waals surface area contributed by atoms with E-state index in [1.54, 1.807) is 0 Å². The van der Waals surface area contributed by atoms with Crippen molar-refractivity contribution in [1.82, 2.24) is 19.8 Å². The van der Waals surface area contributed by atoms with Gasteiger partial charge < -0.3 is 15.2 Å². The Morgan fingerprint density at radius 3 is 2.41 bits per heavy atom. The summed E-state index contributed by atoms with van der Waals surface area (Å²) in [6, 6.07) is 12.7. The van der Waals surface area contributed by atoms with Crippen LogP contribution in [0.1, 0.15) is 55.4 Å². The molecule has 4 rings (SSSR count). The predicted molar refractivity (Wildman–Crippen MR) is 121 cm³/mol. The van der Waals surface area contributed by atoms with Crippen LogP contribution in [0.5, 0.6) is 0 Å². The molecule has 0 amide bonds. The van der Waals surface area contributed by atoms with Gasteiger partial charge in [-0.1, -0.05) is 18.2 Å². The van der Waals surface area contributed by atoms with Crippen molar-refractivity contribution < 1.29 is 0 Å². The monoisotopic (exact) mass is 395 g/mol. The molecule has 2 unspecified atom stereocenters. The number of piperidine rings is 1. The molecule has 29 heavy (non-hydrogen) atoms. The first-order chi connectivity index (χ1) is 14.2. The predicted octanol–water partition coefficient (Wildman–Crippen LogP) is 3.93. The lowest BCUT2D eigenvalue weighted by Gasteiger charge is -2.40. The fourth-order valence-corrected chi connectivity index (χ4v) is 5.63. The normalized spacial score (nSPS) is 24.2. The summed E-state index contributed by atoms with van der Waals surface area (Å²) in [5.41, 5.74) is 3.90. The summed E-state index contributed by atoms with van der Waals surface area (Å²) in [6.45, 7) is 7.66. The van der Waals surface area contributed by atoms with Crippen LogP contribution < -0.4 is 10.6 Å². The number of aryl methyl sites for hydroxylation is 2. The van der Waals surface area contributed by atoms with Crippen LogP contribution in [0.4, 0.5) is 5.69 Å². The Hall–Kier alpha value is -1.85. The number of benzene rings is 1. The van der Waals surface area contributed by atoms with Gasteiger partial charge in [-0.2, -0.15) is 0 Å². The van der Waals surface area contributed by atoms with E-state index >= 15 is 0 Å². The van der Waals surface area contributed by atoms with Gasteiger partial charge in [-0.05, 0) is 65.1 Å². The molecule has 2 N–H and O–H groups in total. The summed E-state index contributed by atoms with van der Waals surface area (Å²) in [5.74, 6) is 1.21. The third-order valence-electron chi connectivity index (χ3n) is 6.92. The Balaban J connectivity index is 1.34. The molecule has 2 fully saturated rings. The number of nitrogens with one attached hydrogen (secondary N) is 2. The van der Waals surface area contributed by atoms with Crippen LogP contribution in [0.3, 0.4) is 0 Å². The van der Waals surface area contributed by atoms with Gasteiger partial charge in [0.2, 0.25) is 0 Å². The topological polar surface area (TPSA) is 45.1 Å². The molecule has 5 nitrogen and oxygen atoms in total. The van der Waals surface area contributed by atoms with Crippen molar-refractivity contribution >= 4 is 5.69 Å². The molecule has 1 aromatic heterocycles. The molecule has 0 radical (unpaired) electrons. The van der Waals surface area contributed by atoms with Crippen LogP contribution in [0.2, 0.25) is 0 Å². The van der Waals surface area contributed by atoms with E-state index in [4.69, 9.17) is 4.98 Å². The summed E-state index contributed by atoms with van der Waals surface area (Å²) >= 11 is 0. The van der Waals surface area contributed by atoms with E-state index in [1.165, 1.54) is 61.5 Å². The van der Waals surface area contributed by atoms with Crippen molar-refractivity contribution in [2.75, 3.05) is 32.0 Å². The van der Waals surface area contributed by atoms with Gasteiger partial charge in [0, 0.05) is 55.6 Å². The summed E-state index contributed by atoms with van der Waals surface area (Å²) in [4.78, 5) is 7.65. The van der Waals surface area contributed by atoms with Crippen molar-refractivity contribution in [2.45, 2.75) is 70.5 Å². The second kappa shape index (κ2) is 9.31. The molecule has 0 aliphatic carbocycles. The van der Waals surface area contributed by atoms with Crippen molar-refractivity contribution in [3.8, 4) is 0 Å². The zero-order chi connectivity index (χ0) is 20.2. The molecular formula is C24H37N5. The Bertz CT molecular complexity index is 770. The smallest absolute Gasteiger partial charge is 0.106 e. The third kappa shape index (κ3) is 4.51. The number of fused-ring (bicyclic) bond motifs is 2. The van der Waals surface area contributed by atoms with Gasteiger partial charge in [0.15, 0.2) is 0 Å². The van der Waals surface area contributed by atoms with Gasteiger partial charge in [0.05, 0.1) is 5.69 Å². The second-order valence-corrected chi connectivity index (χ2v) is 8.81. The van der Waals surface area contributed by atoms with E-state index in [0.29, 0.717) is 6.04 Å². The SMILES string of the molecule is CNCCc1c(C)nc(C)n1C1CC2CCC(C1)N2CCCNc1ccccc1. The molecule has 1 aromatic carbocycles. The molecule has 2 aliphatic rings. The Morgan fingerprint density at radius 1 is 1.00 bits per heavy atom. The maximum Gasteiger partial charge on any atom is 0.106 e. The van der Waals surface area contributed by atoms with Crippen LogP contribution in [0, 0.1) is 13.8 Å². The largest absolute Gasteiger partial charge is 0.385 e. The first-order valence-corrected chi connectivity index (χ1v) is 11.4. The number of anilines is 1. The van der Waals surface area contributed by atoms with E-state index in [2.05, 4.69) is 64.3 Å². The number of para-hydroxylation sites is 1. The first-order valence-electron chi connectivity index (χ1n) is 11.4. The number of hydrogen-bond donors (Lipinski definition) is 2. The van der Waals surface area contributed by atoms with Gasteiger partial charge in [-0.15, -0.1) is 0 Å². The number of rotatable bonds is 9. The molecule has 2 atom stereocenters.